The Bertz CT molecular complexity index is 206. The minimum atomic E-state index is 0.435. The standard InChI is InChI=1S/C15H32N2O2/c1-3-9-17(10-13-19-12-4-11-18-2)15-7-5-14(16)6-8-15/h14-15H,3-13,16H2,1-2H3. The van der Waals surface area contributed by atoms with Crippen molar-refractivity contribution in [2.24, 2.45) is 5.73 Å². The van der Waals surface area contributed by atoms with Crippen molar-refractivity contribution < 1.29 is 9.47 Å². The zero-order valence-electron chi connectivity index (χ0n) is 12.8. The molecule has 1 fully saturated rings. The number of nitrogens with zero attached hydrogens (tertiary/aromatic N) is 1. The number of ether oxygens (including phenoxy) is 2. The first-order valence-corrected chi connectivity index (χ1v) is 7.84. The molecule has 4 nitrogen and oxygen atoms in total. The minimum absolute atomic E-state index is 0.435. The number of methoxy groups -OCH3 is 1. The van der Waals surface area contributed by atoms with Crippen LogP contribution in [0.2, 0.25) is 0 Å². The highest BCUT2D eigenvalue weighted by Crippen LogP contribution is 2.22. The first-order valence-electron chi connectivity index (χ1n) is 7.84. The van der Waals surface area contributed by atoms with Crippen molar-refractivity contribution in [3.63, 3.8) is 0 Å². The van der Waals surface area contributed by atoms with E-state index in [-0.39, 0.29) is 0 Å². The van der Waals surface area contributed by atoms with E-state index in [1.807, 2.05) is 0 Å². The Hall–Kier alpha value is -0.160. The van der Waals surface area contributed by atoms with Crippen molar-refractivity contribution in [2.45, 2.75) is 57.5 Å². The molecule has 0 aromatic heterocycles. The van der Waals surface area contributed by atoms with Crippen LogP contribution in [0.5, 0.6) is 0 Å². The van der Waals surface area contributed by atoms with E-state index < -0.39 is 0 Å². The maximum atomic E-state index is 5.98. The molecular formula is C15H32N2O2. The normalized spacial score (nSPS) is 24.0. The summed E-state index contributed by atoms with van der Waals surface area (Å²) in [7, 11) is 1.73. The summed E-state index contributed by atoms with van der Waals surface area (Å²) in [4.78, 5) is 2.60. The van der Waals surface area contributed by atoms with Crippen LogP contribution in [0.4, 0.5) is 0 Å². The minimum Gasteiger partial charge on any atom is -0.385 e. The predicted molar refractivity (Wildman–Crippen MR) is 79.4 cm³/mol. The van der Waals surface area contributed by atoms with Gasteiger partial charge in [-0.15, -0.1) is 0 Å². The van der Waals surface area contributed by atoms with Gasteiger partial charge in [-0.1, -0.05) is 6.92 Å². The molecule has 1 aliphatic rings. The van der Waals surface area contributed by atoms with E-state index in [9.17, 15) is 0 Å². The molecule has 0 bridgehead atoms. The van der Waals surface area contributed by atoms with Crippen LogP contribution in [0.1, 0.15) is 45.4 Å². The smallest absolute Gasteiger partial charge is 0.0593 e. The molecule has 0 amide bonds. The summed E-state index contributed by atoms with van der Waals surface area (Å²) < 4.78 is 10.7. The van der Waals surface area contributed by atoms with Crippen molar-refractivity contribution in [1.82, 2.24) is 4.90 Å². The topological polar surface area (TPSA) is 47.7 Å². The molecule has 1 saturated carbocycles. The lowest BCUT2D eigenvalue weighted by molar-refractivity contribution is 0.0635. The van der Waals surface area contributed by atoms with Crippen LogP contribution in [0, 0.1) is 0 Å². The van der Waals surface area contributed by atoms with Crippen LogP contribution < -0.4 is 5.73 Å². The first kappa shape index (κ1) is 16.9. The quantitative estimate of drug-likeness (QED) is 0.618. The van der Waals surface area contributed by atoms with E-state index in [1.165, 1.54) is 38.6 Å². The van der Waals surface area contributed by atoms with E-state index >= 15 is 0 Å². The second-order valence-corrected chi connectivity index (χ2v) is 5.56. The lowest BCUT2D eigenvalue weighted by Crippen LogP contribution is -2.42. The van der Waals surface area contributed by atoms with Gasteiger partial charge in [-0.25, -0.2) is 0 Å². The van der Waals surface area contributed by atoms with Crippen LogP contribution >= 0.6 is 0 Å². The van der Waals surface area contributed by atoms with E-state index in [0.29, 0.717) is 6.04 Å². The fourth-order valence-corrected chi connectivity index (χ4v) is 2.82. The third-order valence-corrected chi connectivity index (χ3v) is 3.93. The first-order chi connectivity index (χ1) is 9.27. The summed E-state index contributed by atoms with van der Waals surface area (Å²) in [6, 6.07) is 1.16. The second kappa shape index (κ2) is 10.6. The molecule has 0 spiro atoms. The molecule has 0 radical (unpaired) electrons. The van der Waals surface area contributed by atoms with Gasteiger partial charge in [0.2, 0.25) is 0 Å². The fraction of sp³-hybridized carbons (Fsp3) is 1.00. The van der Waals surface area contributed by atoms with Gasteiger partial charge in [-0.2, -0.15) is 0 Å². The van der Waals surface area contributed by atoms with Crippen molar-refractivity contribution in [3.8, 4) is 0 Å². The Kier molecular flexibility index (Phi) is 9.43. The molecule has 2 N–H and O–H groups in total. The maximum absolute atomic E-state index is 5.98. The molecule has 0 aromatic carbocycles. The summed E-state index contributed by atoms with van der Waals surface area (Å²) in [5.41, 5.74) is 5.98. The van der Waals surface area contributed by atoms with E-state index in [2.05, 4.69) is 11.8 Å². The Morgan fingerprint density at radius 1 is 1.05 bits per heavy atom. The second-order valence-electron chi connectivity index (χ2n) is 5.56. The molecule has 1 aliphatic carbocycles. The average molecular weight is 272 g/mol. The third kappa shape index (κ3) is 7.25. The largest absolute Gasteiger partial charge is 0.385 e. The predicted octanol–water partition coefficient (Wildman–Crippen LogP) is 2.02. The molecule has 1 rings (SSSR count). The Balaban J connectivity index is 2.16. The molecule has 114 valence electrons. The Morgan fingerprint density at radius 2 is 1.79 bits per heavy atom. The highest BCUT2D eigenvalue weighted by Gasteiger charge is 2.23. The molecule has 19 heavy (non-hydrogen) atoms. The van der Waals surface area contributed by atoms with Crippen molar-refractivity contribution in [2.75, 3.05) is 40.0 Å². The highest BCUT2D eigenvalue weighted by molar-refractivity contribution is 4.81. The lowest BCUT2D eigenvalue weighted by Gasteiger charge is -2.36. The van der Waals surface area contributed by atoms with Gasteiger partial charge in [-0.05, 0) is 45.1 Å². The number of hydrogen-bond acceptors (Lipinski definition) is 4. The van der Waals surface area contributed by atoms with Crippen molar-refractivity contribution in [3.05, 3.63) is 0 Å². The zero-order valence-corrected chi connectivity index (χ0v) is 12.8. The molecular weight excluding hydrogens is 240 g/mol. The van der Waals surface area contributed by atoms with Gasteiger partial charge in [0, 0.05) is 39.0 Å². The van der Waals surface area contributed by atoms with E-state index in [0.717, 1.165) is 38.8 Å². The molecule has 0 aromatic rings. The monoisotopic (exact) mass is 272 g/mol. The summed E-state index contributed by atoms with van der Waals surface area (Å²) in [6.07, 6.45) is 7.07. The fourth-order valence-electron chi connectivity index (χ4n) is 2.82. The maximum Gasteiger partial charge on any atom is 0.0593 e. The van der Waals surface area contributed by atoms with Crippen LogP contribution in [-0.2, 0) is 9.47 Å². The van der Waals surface area contributed by atoms with Gasteiger partial charge in [0.05, 0.1) is 6.61 Å². The number of rotatable bonds is 10. The molecule has 0 aliphatic heterocycles. The van der Waals surface area contributed by atoms with Gasteiger partial charge >= 0.3 is 0 Å². The summed E-state index contributed by atoms with van der Waals surface area (Å²) >= 11 is 0. The summed E-state index contributed by atoms with van der Waals surface area (Å²) in [5, 5.41) is 0. The summed E-state index contributed by atoms with van der Waals surface area (Å²) in [5.74, 6) is 0. The number of nitrogens with two attached hydrogens (primary N) is 1. The van der Waals surface area contributed by atoms with Crippen LogP contribution in [0.25, 0.3) is 0 Å². The zero-order chi connectivity index (χ0) is 13.9. The van der Waals surface area contributed by atoms with Crippen LogP contribution in [0.3, 0.4) is 0 Å². The highest BCUT2D eigenvalue weighted by atomic mass is 16.5. The van der Waals surface area contributed by atoms with E-state index in [4.69, 9.17) is 15.2 Å². The van der Waals surface area contributed by atoms with Gasteiger partial charge in [0.25, 0.3) is 0 Å². The van der Waals surface area contributed by atoms with Gasteiger partial charge in [0.1, 0.15) is 0 Å². The average Bonchev–Trinajstić information content (AvgIpc) is 2.42. The van der Waals surface area contributed by atoms with Gasteiger partial charge < -0.3 is 15.2 Å². The lowest BCUT2D eigenvalue weighted by atomic mass is 9.90. The molecule has 0 atom stereocenters. The number of hydrogen-bond donors (Lipinski definition) is 1. The SMILES string of the molecule is CCCN(CCOCCCOC)C1CCC(N)CC1. The Labute approximate surface area is 118 Å². The molecule has 4 heteroatoms. The third-order valence-electron chi connectivity index (χ3n) is 3.93. The van der Waals surface area contributed by atoms with Gasteiger partial charge in [-0.3, -0.25) is 4.90 Å². The van der Waals surface area contributed by atoms with Crippen molar-refractivity contribution in [1.29, 1.82) is 0 Å². The molecule has 0 saturated heterocycles. The molecule has 0 heterocycles. The van der Waals surface area contributed by atoms with Gasteiger partial charge in [0.15, 0.2) is 0 Å². The summed E-state index contributed by atoms with van der Waals surface area (Å²) in [6.45, 7) is 6.93. The molecule has 0 unspecified atom stereocenters. The van der Waals surface area contributed by atoms with Crippen LogP contribution in [-0.4, -0.2) is 57.0 Å². The van der Waals surface area contributed by atoms with Crippen LogP contribution in [0.15, 0.2) is 0 Å². The van der Waals surface area contributed by atoms with Crippen molar-refractivity contribution >= 4 is 0 Å². The van der Waals surface area contributed by atoms with E-state index in [1.54, 1.807) is 7.11 Å². The Morgan fingerprint density at radius 3 is 2.42 bits per heavy atom.